The van der Waals surface area contributed by atoms with Gasteiger partial charge in [-0.05, 0) is 38.7 Å². The fourth-order valence-electron chi connectivity index (χ4n) is 1.43. The molecule has 0 aliphatic heterocycles. The molecule has 0 amide bonds. The molecule has 0 fully saturated rings. The van der Waals surface area contributed by atoms with Gasteiger partial charge in [0.05, 0.1) is 0 Å². The minimum absolute atomic E-state index is 0.404. The molecule has 0 aromatic carbocycles. The summed E-state index contributed by atoms with van der Waals surface area (Å²) in [6.07, 6.45) is 1.10. The molecule has 0 rings (SSSR count). The van der Waals surface area contributed by atoms with E-state index in [2.05, 4.69) is 43.2 Å². The van der Waals surface area contributed by atoms with Crippen LogP contribution in [0.1, 0.15) is 34.1 Å². The Kier molecular flexibility index (Phi) is 8.71. The van der Waals surface area contributed by atoms with Crippen molar-refractivity contribution in [2.24, 2.45) is 0 Å². The molecule has 0 saturated carbocycles. The van der Waals surface area contributed by atoms with Gasteiger partial charge in [0, 0.05) is 19.1 Å². The number of hydrogen-bond donors (Lipinski definition) is 2. The minimum Gasteiger partial charge on any atom is -0.363 e. The van der Waals surface area contributed by atoms with Crippen LogP contribution in [-0.4, -0.2) is 42.2 Å². The number of nitrogens with one attached hydrogen (secondary N) is 2. The van der Waals surface area contributed by atoms with E-state index in [1.807, 2.05) is 0 Å². The standard InChI is InChI=1S/C11H25N3S/c1-5-8-12-11(15)13-10(4)9-14(6-2)7-3/h10H,5-9H2,1-4H3,(H2,12,13,15). The zero-order valence-electron chi connectivity index (χ0n) is 10.5. The molecule has 0 aromatic rings. The minimum atomic E-state index is 0.404. The first kappa shape index (κ1) is 14.6. The monoisotopic (exact) mass is 231 g/mol. The van der Waals surface area contributed by atoms with Gasteiger partial charge in [0.2, 0.25) is 0 Å². The Morgan fingerprint density at radius 3 is 2.33 bits per heavy atom. The van der Waals surface area contributed by atoms with E-state index in [1.165, 1.54) is 0 Å². The summed E-state index contributed by atoms with van der Waals surface area (Å²) < 4.78 is 0. The molecule has 0 radical (unpaired) electrons. The molecule has 15 heavy (non-hydrogen) atoms. The average Bonchev–Trinajstić information content (AvgIpc) is 2.22. The van der Waals surface area contributed by atoms with E-state index in [9.17, 15) is 0 Å². The van der Waals surface area contributed by atoms with Crippen LogP contribution < -0.4 is 10.6 Å². The summed E-state index contributed by atoms with van der Waals surface area (Å²) in [5, 5.41) is 7.24. The highest BCUT2D eigenvalue weighted by atomic mass is 32.1. The van der Waals surface area contributed by atoms with E-state index in [1.54, 1.807) is 0 Å². The topological polar surface area (TPSA) is 27.3 Å². The third-order valence-corrected chi connectivity index (χ3v) is 2.60. The maximum absolute atomic E-state index is 5.18. The van der Waals surface area contributed by atoms with E-state index in [0.29, 0.717) is 6.04 Å². The lowest BCUT2D eigenvalue weighted by Crippen LogP contribution is -2.46. The lowest BCUT2D eigenvalue weighted by molar-refractivity contribution is 0.281. The molecular weight excluding hydrogens is 206 g/mol. The van der Waals surface area contributed by atoms with Crippen LogP contribution in [0.2, 0.25) is 0 Å². The van der Waals surface area contributed by atoms with Crippen LogP contribution in [0.3, 0.4) is 0 Å². The van der Waals surface area contributed by atoms with Gasteiger partial charge >= 0.3 is 0 Å². The van der Waals surface area contributed by atoms with Crippen molar-refractivity contribution in [1.82, 2.24) is 15.5 Å². The van der Waals surface area contributed by atoms with Gasteiger partial charge in [0.25, 0.3) is 0 Å². The van der Waals surface area contributed by atoms with Crippen LogP contribution in [0.5, 0.6) is 0 Å². The number of hydrogen-bond acceptors (Lipinski definition) is 2. The lowest BCUT2D eigenvalue weighted by Gasteiger charge is -2.24. The predicted octanol–water partition coefficient (Wildman–Crippen LogP) is 1.59. The summed E-state index contributed by atoms with van der Waals surface area (Å²) in [6.45, 7) is 12.8. The van der Waals surface area contributed by atoms with Gasteiger partial charge in [0.15, 0.2) is 5.11 Å². The van der Waals surface area contributed by atoms with Crippen LogP contribution in [0.15, 0.2) is 0 Å². The number of rotatable bonds is 7. The highest BCUT2D eigenvalue weighted by molar-refractivity contribution is 7.80. The third-order valence-electron chi connectivity index (χ3n) is 2.34. The maximum Gasteiger partial charge on any atom is 0.166 e. The van der Waals surface area contributed by atoms with E-state index < -0.39 is 0 Å². The van der Waals surface area contributed by atoms with Gasteiger partial charge in [0.1, 0.15) is 0 Å². The molecule has 0 heterocycles. The Hall–Kier alpha value is -0.350. The fraction of sp³-hybridized carbons (Fsp3) is 0.909. The van der Waals surface area contributed by atoms with Crippen LogP contribution in [0.25, 0.3) is 0 Å². The molecule has 0 aromatic heterocycles. The number of thiocarbonyl (C=S) groups is 1. The molecule has 90 valence electrons. The molecule has 2 N–H and O–H groups in total. The molecule has 0 spiro atoms. The van der Waals surface area contributed by atoms with Crippen molar-refractivity contribution in [3.8, 4) is 0 Å². The molecule has 0 aliphatic carbocycles. The molecule has 0 saturated heterocycles. The molecule has 1 atom stereocenters. The molecule has 0 bridgehead atoms. The zero-order chi connectivity index (χ0) is 11.7. The van der Waals surface area contributed by atoms with Crippen molar-refractivity contribution in [2.75, 3.05) is 26.2 Å². The summed E-state index contributed by atoms with van der Waals surface area (Å²) >= 11 is 5.18. The number of nitrogens with zero attached hydrogens (tertiary/aromatic N) is 1. The highest BCUT2D eigenvalue weighted by Crippen LogP contribution is 1.91. The van der Waals surface area contributed by atoms with Crippen molar-refractivity contribution >= 4 is 17.3 Å². The van der Waals surface area contributed by atoms with Gasteiger partial charge in [-0.3, -0.25) is 0 Å². The van der Waals surface area contributed by atoms with Gasteiger partial charge in [-0.15, -0.1) is 0 Å². The molecule has 0 aliphatic rings. The Labute approximate surface area is 99.6 Å². The Balaban J connectivity index is 3.71. The number of likely N-dealkylation sites (N-methyl/N-ethyl adjacent to an activating group) is 1. The second-order valence-corrected chi connectivity index (χ2v) is 4.20. The molecule has 4 heteroatoms. The largest absolute Gasteiger partial charge is 0.363 e. The second kappa shape index (κ2) is 8.92. The van der Waals surface area contributed by atoms with Crippen LogP contribution in [0.4, 0.5) is 0 Å². The normalized spacial score (nSPS) is 12.6. The summed E-state index contributed by atoms with van der Waals surface area (Å²) in [5.74, 6) is 0. The SMILES string of the molecule is CCCNC(=S)NC(C)CN(CC)CC. The van der Waals surface area contributed by atoms with Crippen molar-refractivity contribution < 1.29 is 0 Å². The lowest BCUT2D eigenvalue weighted by atomic mass is 10.3. The van der Waals surface area contributed by atoms with Gasteiger partial charge in [-0.1, -0.05) is 20.8 Å². The maximum atomic E-state index is 5.18. The Bertz CT molecular complexity index is 169. The summed E-state index contributed by atoms with van der Waals surface area (Å²) in [4.78, 5) is 2.39. The van der Waals surface area contributed by atoms with E-state index in [0.717, 1.165) is 37.7 Å². The smallest absolute Gasteiger partial charge is 0.166 e. The Morgan fingerprint density at radius 2 is 1.87 bits per heavy atom. The zero-order valence-corrected chi connectivity index (χ0v) is 11.3. The van der Waals surface area contributed by atoms with Crippen molar-refractivity contribution in [2.45, 2.75) is 40.2 Å². The van der Waals surface area contributed by atoms with Crippen LogP contribution >= 0.6 is 12.2 Å². The summed E-state index contributed by atoms with van der Waals surface area (Å²) in [5.41, 5.74) is 0. The third kappa shape index (κ3) is 7.56. The Morgan fingerprint density at radius 1 is 1.27 bits per heavy atom. The first-order valence-corrected chi connectivity index (χ1v) is 6.31. The fourth-order valence-corrected chi connectivity index (χ4v) is 1.73. The van der Waals surface area contributed by atoms with Gasteiger partial charge in [-0.2, -0.15) is 0 Å². The van der Waals surface area contributed by atoms with Gasteiger partial charge < -0.3 is 15.5 Å². The van der Waals surface area contributed by atoms with E-state index in [4.69, 9.17) is 12.2 Å². The summed E-state index contributed by atoms with van der Waals surface area (Å²) in [6, 6.07) is 0.404. The van der Waals surface area contributed by atoms with Crippen molar-refractivity contribution in [3.05, 3.63) is 0 Å². The summed E-state index contributed by atoms with van der Waals surface area (Å²) in [7, 11) is 0. The average molecular weight is 231 g/mol. The molecular formula is C11H25N3S. The quantitative estimate of drug-likeness (QED) is 0.651. The van der Waals surface area contributed by atoms with Crippen LogP contribution in [0, 0.1) is 0 Å². The van der Waals surface area contributed by atoms with E-state index in [-0.39, 0.29) is 0 Å². The second-order valence-electron chi connectivity index (χ2n) is 3.79. The molecule has 1 unspecified atom stereocenters. The van der Waals surface area contributed by atoms with E-state index >= 15 is 0 Å². The van der Waals surface area contributed by atoms with Crippen molar-refractivity contribution in [1.29, 1.82) is 0 Å². The first-order chi connectivity index (χ1) is 7.13. The van der Waals surface area contributed by atoms with Crippen LogP contribution in [-0.2, 0) is 0 Å². The first-order valence-electron chi connectivity index (χ1n) is 5.90. The van der Waals surface area contributed by atoms with Crippen molar-refractivity contribution in [3.63, 3.8) is 0 Å². The molecule has 3 nitrogen and oxygen atoms in total. The highest BCUT2D eigenvalue weighted by Gasteiger charge is 2.07. The predicted molar refractivity (Wildman–Crippen MR) is 71.3 cm³/mol. The van der Waals surface area contributed by atoms with Gasteiger partial charge in [-0.25, -0.2) is 0 Å².